The van der Waals surface area contributed by atoms with Crippen molar-refractivity contribution in [3.63, 3.8) is 0 Å². The zero-order valence-corrected chi connectivity index (χ0v) is 12.9. The highest BCUT2D eigenvalue weighted by Gasteiger charge is 2.20. The fourth-order valence-electron chi connectivity index (χ4n) is 1.44. The molecule has 3 N–H and O–H groups in total. The molecule has 1 aromatic carbocycles. The van der Waals surface area contributed by atoms with Gasteiger partial charge in [0.2, 0.25) is 0 Å². The molecule has 20 heavy (non-hydrogen) atoms. The third-order valence-corrected chi connectivity index (χ3v) is 5.77. The summed E-state index contributed by atoms with van der Waals surface area (Å²) in [6.07, 6.45) is 0. The Morgan fingerprint density at radius 2 is 1.95 bits per heavy atom. The molecule has 2 aromatic rings. The molecule has 0 amide bonds. The Labute approximate surface area is 126 Å². The maximum atomic E-state index is 12.1. The average molecular weight is 378 g/mol. The van der Waals surface area contributed by atoms with E-state index in [9.17, 15) is 18.3 Å². The van der Waals surface area contributed by atoms with Crippen molar-refractivity contribution in [2.45, 2.75) is 4.21 Å². The number of carboxylic acids is 1. The van der Waals surface area contributed by atoms with Crippen LogP contribution in [-0.2, 0) is 10.0 Å². The summed E-state index contributed by atoms with van der Waals surface area (Å²) >= 11 is 4.16. The van der Waals surface area contributed by atoms with E-state index in [0.29, 0.717) is 3.79 Å². The molecule has 1 aromatic heterocycles. The van der Waals surface area contributed by atoms with Gasteiger partial charge in [-0.1, -0.05) is 0 Å². The molecule has 0 aliphatic carbocycles. The first-order valence-corrected chi connectivity index (χ1v) is 8.23. The van der Waals surface area contributed by atoms with Crippen molar-refractivity contribution in [3.05, 3.63) is 39.7 Å². The lowest BCUT2D eigenvalue weighted by atomic mass is 10.2. The standard InChI is InChI=1S/C11H8BrNO5S2/c12-9-3-4-10(19-9)20(17,18)13-8-2-1-6(14)5-7(8)11(15)16/h1-5,13-14H,(H,15,16). The number of halogens is 1. The zero-order chi connectivity index (χ0) is 14.9. The van der Waals surface area contributed by atoms with Crippen LogP contribution in [0.25, 0.3) is 0 Å². The normalized spacial score (nSPS) is 11.2. The Bertz CT molecular complexity index is 769. The van der Waals surface area contributed by atoms with E-state index in [2.05, 4.69) is 20.7 Å². The van der Waals surface area contributed by atoms with Crippen molar-refractivity contribution in [2.24, 2.45) is 0 Å². The van der Waals surface area contributed by atoms with Crippen molar-refractivity contribution in [2.75, 3.05) is 4.72 Å². The van der Waals surface area contributed by atoms with Crippen molar-refractivity contribution in [1.29, 1.82) is 0 Å². The summed E-state index contributed by atoms with van der Waals surface area (Å²) in [5, 5.41) is 18.3. The Hall–Kier alpha value is -1.58. The van der Waals surface area contributed by atoms with Gasteiger partial charge < -0.3 is 10.2 Å². The molecule has 9 heteroatoms. The molecule has 6 nitrogen and oxygen atoms in total. The Morgan fingerprint density at radius 3 is 2.50 bits per heavy atom. The van der Waals surface area contributed by atoms with Gasteiger partial charge in [0.1, 0.15) is 9.96 Å². The van der Waals surface area contributed by atoms with Gasteiger partial charge in [-0.2, -0.15) is 0 Å². The number of nitrogens with one attached hydrogen (secondary N) is 1. The number of thiophene rings is 1. The first-order chi connectivity index (χ1) is 9.29. The van der Waals surface area contributed by atoms with E-state index < -0.39 is 16.0 Å². The number of hydrogen-bond acceptors (Lipinski definition) is 5. The van der Waals surface area contributed by atoms with Crippen LogP contribution in [0.15, 0.2) is 38.3 Å². The number of carbonyl (C=O) groups is 1. The molecule has 0 aliphatic rings. The molecule has 0 spiro atoms. The summed E-state index contributed by atoms with van der Waals surface area (Å²) < 4.78 is 27.1. The van der Waals surface area contributed by atoms with E-state index in [1.807, 2.05) is 0 Å². The molecular weight excluding hydrogens is 370 g/mol. The maximum Gasteiger partial charge on any atom is 0.337 e. The first-order valence-electron chi connectivity index (χ1n) is 5.14. The SMILES string of the molecule is O=C(O)c1cc(O)ccc1NS(=O)(=O)c1ccc(Br)s1. The number of anilines is 1. The van der Waals surface area contributed by atoms with Gasteiger partial charge in [-0.05, 0) is 46.3 Å². The van der Waals surface area contributed by atoms with E-state index in [4.69, 9.17) is 5.11 Å². The summed E-state index contributed by atoms with van der Waals surface area (Å²) in [6.45, 7) is 0. The summed E-state index contributed by atoms with van der Waals surface area (Å²) in [5.74, 6) is -1.60. The lowest BCUT2D eigenvalue weighted by Gasteiger charge is -2.09. The second-order valence-electron chi connectivity index (χ2n) is 3.70. The van der Waals surface area contributed by atoms with Crippen molar-refractivity contribution < 1.29 is 23.4 Å². The minimum Gasteiger partial charge on any atom is -0.508 e. The van der Waals surface area contributed by atoms with Gasteiger partial charge in [-0.3, -0.25) is 4.72 Å². The molecule has 0 unspecified atom stereocenters. The fourth-order valence-corrected chi connectivity index (χ4v) is 4.52. The molecular formula is C11H8BrNO5S2. The number of hydrogen-bond donors (Lipinski definition) is 3. The molecule has 2 rings (SSSR count). The van der Waals surface area contributed by atoms with Gasteiger partial charge in [0, 0.05) is 0 Å². The number of phenols is 1. The molecule has 0 fully saturated rings. The van der Waals surface area contributed by atoms with E-state index >= 15 is 0 Å². The molecule has 0 radical (unpaired) electrons. The van der Waals surface area contributed by atoms with Crippen LogP contribution in [-0.4, -0.2) is 24.6 Å². The average Bonchev–Trinajstić information content (AvgIpc) is 2.78. The molecule has 0 saturated heterocycles. The summed E-state index contributed by atoms with van der Waals surface area (Å²) in [4.78, 5) is 11.0. The third-order valence-electron chi connectivity index (χ3n) is 2.29. The molecule has 0 bridgehead atoms. The summed E-state index contributed by atoms with van der Waals surface area (Å²) in [5.41, 5.74) is -0.441. The maximum absolute atomic E-state index is 12.1. The van der Waals surface area contributed by atoms with E-state index in [1.165, 1.54) is 18.2 Å². The number of aromatic carboxylic acids is 1. The predicted molar refractivity (Wildman–Crippen MR) is 77.9 cm³/mol. The van der Waals surface area contributed by atoms with Gasteiger partial charge in [0.15, 0.2) is 0 Å². The number of rotatable bonds is 4. The number of aromatic hydroxyl groups is 1. The highest BCUT2D eigenvalue weighted by molar-refractivity contribution is 9.11. The quantitative estimate of drug-likeness (QED) is 0.710. The van der Waals surface area contributed by atoms with Crippen LogP contribution >= 0.6 is 27.3 Å². The second-order valence-corrected chi connectivity index (χ2v) is 8.07. The first kappa shape index (κ1) is 14.8. The monoisotopic (exact) mass is 377 g/mol. The van der Waals surface area contributed by atoms with E-state index in [-0.39, 0.29) is 21.2 Å². The Balaban J connectivity index is 2.42. The summed E-state index contributed by atoms with van der Waals surface area (Å²) in [6, 6.07) is 6.35. The van der Waals surface area contributed by atoms with Crippen molar-refractivity contribution >= 4 is 48.9 Å². The predicted octanol–water partition coefficient (Wildman–Crippen LogP) is 2.72. The van der Waals surface area contributed by atoms with Crippen LogP contribution in [0.1, 0.15) is 10.4 Å². The lowest BCUT2D eigenvalue weighted by molar-refractivity contribution is 0.0697. The number of sulfonamides is 1. The second kappa shape index (κ2) is 5.43. The number of benzene rings is 1. The highest BCUT2D eigenvalue weighted by atomic mass is 79.9. The fraction of sp³-hybridized carbons (Fsp3) is 0. The number of phenolic OH excluding ortho intramolecular Hbond substituents is 1. The third kappa shape index (κ3) is 3.11. The van der Waals surface area contributed by atoms with Gasteiger partial charge in [-0.15, -0.1) is 11.3 Å². The van der Waals surface area contributed by atoms with Gasteiger partial charge >= 0.3 is 5.97 Å². The van der Waals surface area contributed by atoms with Crippen LogP contribution in [0.5, 0.6) is 5.75 Å². The molecule has 1 heterocycles. The topological polar surface area (TPSA) is 104 Å². The van der Waals surface area contributed by atoms with Gasteiger partial charge in [0.25, 0.3) is 10.0 Å². The molecule has 0 aliphatic heterocycles. The lowest BCUT2D eigenvalue weighted by Crippen LogP contribution is -2.14. The Morgan fingerprint density at radius 1 is 1.25 bits per heavy atom. The molecule has 0 atom stereocenters. The smallest absolute Gasteiger partial charge is 0.337 e. The minimum atomic E-state index is -3.87. The van der Waals surface area contributed by atoms with Crippen molar-refractivity contribution in [1.82, 2.24) is 0 Å². The van der Waals surface area contributed by atoms with E-state index in [0.717, 1.165) is 17.4 Å². The van der Waals surface area contributed by atoms with Crippen LogP contribution in [0.4, 0.5) is 5.69 Å². The van der Waals surface area contributed by atoms with Crippen LogP contribution in [0.2, 0.25) is 0 Å². The highest BCUT2D eigenvalue weighted by Crippen LogP contribution is 2.29. The molecule has 106 valence electrons. The minimum absolute atomic E-state index is 0.0498. The van der Waals surface area contributed by atoms with E-state index in [1.54, 1.807) is 6.07 Å². The van der Waals surface area contributed by atoms with Gasteiger partial charge in [-0.25, -0.2) is 13.2 Å². The van der Waals surface area contributed by atoms with Gasteiger partial charge in [0.05, 0.1) is 15.0 Å². The van der Waals surface area contributed by atoms with Crippen LogP contribution in [0.3, 0.4) is 0 Å². The van der Waals surface area contributed by atoms with Crippen LogP contribution in [0, 0.1) is 0 Å². The number of carboxylic acid groups (broad SMARTS) is 1. The Kier molecular flexibility index (Phi) is 4.02. The largest absolute Gasteiger partial charge is 0.508 e. The van der Waals surface area contributed by atoms with Crippen molar-refractivity contribution in [3.8, 4) is 5.75 Å². The van der Waals surface area contributed by atoms with Crippen LogP contribution < -0.4 is 4.72 Å². The zero-order valence-electron chi connectivity index (χ0n) is 9.70. The summed E-state index contributed by atoms with van der Waals surface area (Å²) in [7, 11) is -3.87. The molecule has 0 saturated carbocycles.